The molecule has 0 aliphatic rings. The Balaban J connectivity index is 2.07. The number of aromatic nitrogens is 2. The molecule has 0 radical (unpaired) electrons. The van der Waals surface area contributed by atoms with Crippen LogP contribution in [0.3, 0.4) is 0 Å². The highest BCUT2D eigenvalue weighted by Gasteiger charge is 2.01. The highest BCUT2D eigenvalue weighted by molar-refractivity contribution is 9.10. The molecule has 0 atom stereocenters. The van der Waals surface area contributed by atoms with Crippen LogP contribution in [0.1, 0.15) is 5.69 Å². The molecule has 0 aliphatic carbocycles. The van der Waals surface area contributed by atoms with Crippen LogP contribution in [0.5, 0.6) is 0 Å². The fourth-order valence-electron chi connectivity index (χ4n) is 1.08. The molecule has 0 aliphatic heterocycles. The Labute approximate surface area is 105 Å². The number of nitrogens with one attached hydrogen (secondary N) is 1. The van der Waals surface area contributed by atoms with Gasteiger partial charge in [0.25, 0.3) is 0 Å². The maximum Gasteiger partial charge on any atom is 0.0946 e. The zero-order valence-corrected chi connectivity index (χ0v) is 10.7. The second-order valence-electron chi connectivity index (χ2n) is 2.87. The van der Waals surface area contributed by atoms with Gasteiger partial charge in [-0.2, -0.15) is 0 Å². The molecule has 0 saturated carbocycles. The van der Waals surface area contributed by atoms with Gasteiger partial charge in [-0.1, -0.05) is 16.1 Å². The molecule has 0 bridgehead atoms. The number of anilines is 1. The van der Waals surface area contributed by atoms with E-state index < -0.39 is 0 Å². The Kier molecular flexibility index (Phi) is 3.56. The SMILES string of the molecule is Clc1ccc(Br)c(NCc2csnn2)c1. The third-order valence-corrected chi connectivity index (χ3v) is 3.27. The minimum atomic E-state index is 0.648. The summed E-state index contributed by atoms with van der Waals surface area (Å²) in [5, 5.41) is 9.78. The Bertz CT molecular complexity index is 447. The molecule has 0 unspecified atom stereocenters. The van der Waals surface area contributed by atoms with Crippen molar-refractivity contribution in [2.45, 2.75) is 6.54 Å². The first-order valence-corrected chi connectivity index (χ1v) is 6.21. The molecule has 2 aromatic rings. The van der Waals surface area contributed by atoms with E-state index in [1.165, 1.54) is 11.5 Å². The molecule has 0 saturated heterocycles. The molecular formula is C9H7BrClN3S. The van der Waals surface area contributed by atoms with E-state index in [0.29, 0.717) is 11.6 Å². The van der Waals surface area contributed by atoms with E-state index >= 15 is 0 Å². The first kappa shape index (κ1) is 10.9. The first-order chi connectivity index (χ1) is 7.25. The molecule has 1 heterocycles. The van der Waals surface area contributed by atoms with Gasteiger partial charge >= 0.3 is 0 Å². The second kappa shape index (κ2) is 4.92. The number of hydrogen-bond acceptors (Lipinski definition) is 4. The van der Waals surface area contributed by atoms with Gasteiger partial charge in [-0.05, 0) is 45.7 Å². The Hall–Kier alpha value is -0.650. The van der Waals surface area contributed by atoms with Crippen molar-refractivity contribution in [3.8, 4) is 0 Å². The molecule has 15 heavy (non-hydrogen) atoms. The van der Waals surface area contributed by atoms with E-state index in [2.05, 4.69) is 30.8 Å². The van der Waals surface area contributed by atoms with Gasteiger partial charge in [0.2, 0.25) is 0 Å². The number of rotatable bonds is 3. The van der Waals surface area contributed by atoms with Gasteiger partial charge in [0, 0.05) is 14.9 Å². The Morgan fingerprint density at radius 1 is 1.47 bits per heavy atom. The number of hydrogen-bond donors (Lipinski definition) is 1. The largest absolute Gasteiger partial charge is 0.378 e. The standard InChI is InChI=1S/C9H7BrClN3S/c10-8-2-1-6(11)3-9(8)12-4-7-5-15-14-13-7/h1-3,5,12H,4H2. The summed E-state index contributed by atoms with van der Waals surface area (Å²) in [6.45, 7) is 0.648. The minimum absolute atomic E-state index is 0.648. The zero-order chi connectivity index (χ0) is 10.7. The van der Waals surface area contributed by atoms with Crippen molar-refractivity contribution in [1.29, 1.82) is 0 Å². The fraction of sp³-hybridized carbons (Fsp3) is 0.111. The fourth-order valence-corrected chi connectivity index (χ4v) is 2.09. The smallest absolute Gasteiger partial charge is 0.0946 e. The molecule has 0 amide bonds. The normalized spacial score (nSPS) is 10.3. The quantitative estimate of drug-likeness (QED) is 0.942. The Morgan fingerprint density at radius 2 is 2.33 bits per heavy atom. The second-order valence-corrected chi connectivity index (χ2v) is 4.77. The maximum atomic E-state index is 5.89. The third-order valence-electron chi connectivity index (χ3n) is 1.79. The summed E-state index contributed by atoms with van der Waals surface area (Å²) in [7, 11) is 0. The summed E-state index contributed by atoms with van der Waals surface area (Å²) >= 11 is 10.7. The number of halogens is 2. The lowest BCUT2D eigenvalue weighted by Gasteiger charge is -2.06. The average molecular weight is 305 g/mol. The molecule has 0 spiro atoms. The summed E-state index contributed by atoms with van der Waals surface area (Å²) in [5.74, 6) is 0. The van der Waals surface area contributed by atoms with Gasteiger partial charge in [-0.3, -0.25) is 0 Å². The number of nitrogens with zero attached hydrogens (tertiary/aromatic N) is 2. The molecule has 1 aromatic heterocycles. The van der Waals surface area contributed by atoms with Crippen LogP contribution >= 0.6 is 39.1 Å². The van der Waals surface area contributed by atoms with Crippen LogP contribution in [-0.2, 0) is 6.54 Å². The maximum absolute atomic E-state index is 5.89. The molecule has 1 aromatic carbocycles. The lowest BCUT2D eigenvalue weighted by molar-refractivity contribution is 0.998. The van der Waals surface area contributed by atoms with Crippen molar-refractivity contribution in [2.24, 2.45) is 0 Å². The van der Waals surface area contributed by atoms with Crippen LogP contribution in [0.25, 0.3) is 0 Å². The van der Waals surface area contributed by atoms with E-state index in [1.807, 2.05) is 23.6 Å². The lowest BCUT2D eigenvalue weighted by atomic mass is 10.3. The van der Waals surface area contributed by atoms with Gasteiger partial charge in [0.1, 0.15) is 0 Å². The van der Waals surface area contributed by atoms with Crippen LogP contribution in [0.15, 0.2) is 28.1 Å². The first-order valence-electron chi connectivity index (χ1n) is 4.20. The topological polar surface area (TPSA) is 37.8 Å². The molecule has 0 fully saturated rings. The van der Waals surface area contributed by atoms with Crippen molar-refractivity contribution in [2.75, 3.05) is 5.32 Å². The Morgan fingerprint density at radius 3 is 3.07 bits per heavy atom. The molecule has 1 N–H and O–H groups in total. The monoisotopic (exact) mass is 303 g/mol. The van der Waals surface area contributed by atoms with Gasteiger partial charge in [0.05, 0.1) is 17.9 Å². The summed E-state index contributed by atoms with van der Waals surface area (Å²) in [5.41, 5.74) is 1.88. The van der Waals surface area contributed by atoms with Gasteiger partial charge in [0.15, 0.2) is 0 Å². The van der Waals surface area contributed by atoms with E-state index in [-0.39, 0.29) is 0 Å². The minimum Gasteiger partial charge on any atom is -0.378 e. The molecule has 6 heteroatoms. The van der Waals surface area contributed by atoms with Gasteiger partial charge < -0.3 is 5.32 Å². The van der Waals surface area contributed by atoms with Gasteiger partial charge in [-0.25, -0.2) is 0 Å². The van der Waals surface area contributed by atoms with E-state index in [4.69, 9.17) is 11.6 Å². The van der Waals surface area contributed by atoms with Crippen molar-refractivity contribution in [1.82, 2.24) is 9.59 Å². The van der Waals surface area contributed by atoms with Crippen LogP contribution in [0, 0.1) is 0 Å². The van der Waals surface area contributed by atoms with Crippen molar-refractivity contribution in [3.63, 3.8) is 0 Å². The predicted octanol–water partition coefficient (Wildman–Crippen LogP) is 3.57. The van der Waals surface area contributed by atoms with Crippen LogP contribution in [0.2, 0.25) is 5.02 Å². The summed E-state index contributed by atoms with van der Waals surface area (Å²) < 4.78 is 4.77. The summed E-state index contributed by atoms with van der Waals surface area (Å²) in [6, 6.07) is 5.61. The van der Waals surface area contributed by atoms with E-state index in [1.54, 1.807) is 0 Å². The van der Waals surface area contributed by atoms with E-state index in [9.17, 15) is 0 Å². The molecule has 2 rings (SSSR count). The molecular weight excluding hydrogens is 298 g/mol. The third kappa shape index (κ3) is 2.90. The average Bonchev–Trinajstić information content (AvgIpc) is 2.72. The molecule has 78 valence electrons. The lowest BCUT2D eigenvalue weighted by Crippen LogP contribution is -2.00. The van der Waals surface area contributed by atoms with Gasteiger partial charge in [-0.15, -0.1) is 5.10 Å². The van der Waals surface area contributed by atoms with Crippen molar-refractivity contribution in [3.05, 3.63) is 38.8 Å². The van der Waals surface area contributed by atoms with Crippen LogP contribution < -0.4 is 5.32 Å². The zero-order valence-electron chi connectivity index (χ0n) is 7.58. The van der Waals surface area contributed by atoms with Crippen LogP contribution in [-0.4, -0.2) is 9.59 Å². The predicted molar refractivity (Wildman–Crippen MR) is 66.4 cm³/mol. The molecule has 3 nitrogen and oxygen atoms in total. The highest BCUT2D eigenvalue weighted by Crippen LogP contribution is 2.26. The van der Waals surface area contributed by atoms with Crippen molar-refractivity contribution >= 4 is 44.8 Å². The van der Waals surface area contributed by atoms with Crippen LogP contribution in [0.4, 0.5) is 5.69 Å². The number of benzene rings is 1. The summed E-state index contributed by atoms with van der Waals surface area (Å²) in [6.07, 6.45) is 0. The van der Waals surface area contributed by atoms with Crippen molar-refractivity contribution < 1.29 is 0 Å². The summed E-state index contributed by atoms with van der Waals surface area (Å²) in [4.78, 5) is 0. The van der Waals surface area contributed by atoms with E-state index in [0.717, 1.165) is 15.9 Å². The highest BCUT2D eigenvalue weighted by atomic mass is 79.9.